The van der Waals surface area contributed by atoms with Gasteiger partial charge in [-0.2, -0.15) is 13.2 Å². The number of aryl methyl sites for hydroxylation is 1. The zero-order chi connectivity index (χ0) is 13.6. The van der Waals surface area contributed by atoms with Gasteiger partial charge in [0, 0.05) is 11.5 Å². The molecule has 0 unspecified atom stereocenters. The molecule has 5 heteroatoms. The second-order valence-electron chi connectivity index (χ2n) is 5.58. The topological polar surface area (TPSA) is 17.8 Å². The maximum atomic E-state index is 13.0. The number of hydrogen-bond donors (Lipinski definition) is 0. The normalized spacial score (nSPS) is 13.5. The second kappa shape index (κ2) is 4.03. The lowest BCUT2D eigenvalue weighted by molar-refractivity contribution is -0.144. The van der Waals surface area contributed by atoms with E-state index in [4.69, 9.17) is 0 Å². The van der Waals surface area contributed by atoms with E-state index >= 15 is 0 Å². The molecule has 98 valence electrons. The molecule has 2 nitrogen and oxygen atoms in total. The molecule has 0 bridgehead atoms. The van der Waals surface area contributed by atoms with E-state index in [1.165, 1.54) is 11.5 Å². The first-order chi connectivity index (χ1) is 7.46. The molecule has 17 heavy (non-hydrogen) atoms. The van der Waals surface area contributed by atoms with Gasteiger partial charge in [0.2, 0.25) is 0 Å². The van der Waals surface area contributed by atoms with Crippen LogP contribution in [-0.4, -0.2) is 9.55 Å². The van der Waals surface area contributed by atoms with Crippen molar-refractivity contribution in [2.75, 3.05) is 0 Å². The standard InChI is InChI=1S/C12H19F3N2/c1-7(2)17-9(12(13,14)15)8(3)16-10(17)11(4,5)6/h7H,1-6H3. The molecular weight excluding hydrogens is 229 g/mol. The predicted octanol–water partition coefficient (Wildman–Crippen LogP) is 4.09. The Balaban J connectivity index is 3.58. The molecule has 0 aliphatic heterocycles. The van der Waals surface area contributed by atoms with Crippen molar-refractivity contribution in [3.8, 4) is 0 Å². The molecule has 1 rings (SSSR count). The molecule has 0 aliphatic carbocycles. The molecule has 0 amide bonds. The van der Waals surface area contributed by atoms with Crippen molar-refractivity contribution < 1.29 is 13.2 Å². The Morgan fingerprint density at radius 2 is 1.59 bits per heavy atom. The third kappa shape index (κ3) is 2.64. The van der Waals surface area contributed by atoms with Crippen LogP contribution in [-0.2, 0) is 11.6 Å². The summed E-state index contributed by atoms with van der Waals surface area (Å²) in [6.07, 6.45) is -4.36. The number of nitrogens with zero attached hydrogens (tertiary/aromatic N) is 2. The lowest BCUT2D eigenvalue weighted by atomic mass is 9.95. The van der Waals surface area contributed by atoms with Crippen LogP contribution in [0.4, 0.5) is 13.2 Å². The molecule has 0 radical (unpaired) electrons. The SMILES string of the molecule is Cc1nc(C(C)(C)C)n(C(C)C)c1C(F)(F)F. The zero-order valence-corrected chi connectivity index (χ0v) is 11.1. The minimum Gasteiger partial charge on any atom is -0.321 e. The summed E-state index contributed by atoms with van der Waals surface area (Å²) in [4.78, 5) is 4.11. The lowest BCUT2D eigenvalue weighted by Crippen LogP contribution is -2.24. The van der Waals surface area contributed by atoms with Crippen LogP contribution in [0.15, 0.2) is 0 Å². The molecule has 0 N–H and O–H groups in total. The maximum Gasteiger partial charge on any atom is 0.433 e. The fraction of sp³-hybridized carbons (Fsp3) is 0.750. The van der Waals surface area contributed by atoms with Gasteiger partial charge >= 0.3 is 6.18 Å². The number of hydrogen-bond acceptors (Lipinski definition) is 1. The third-order valence-electron chi connectivity index (χ3n) is 2.54. The van der Waals surface area contributed by atoms with E-state index in [-0.39, 0.29) is 11.7 Å². The van der Waals surface area contributed by atoms with Crippen molar-refractivity contribution in [2.45, 2.75) is 59.2 Å². The van der Waals surface area contributed by atoms with Crippen LogP contribution in [0.2, 0.25) is 0 Å². The van der Waals surface area contributed by atoms with Gasteiger partial charge in [-0.15, -0.1) is 0 Å². The number of aromatic nitrogens is 2. The van der Waals surface area contributed by atoms with E-state index < -0.39 is 17.3 Å². The molecule has 0 aliphatic rings. The number of halogens is 3. The Kier molecular flexibility index (Phi) is 3.34. The average Bonchev–Trinajstić information content (AvgIpc) is 2.40. The van der Waals surface area contributed by atoms with E-state index in [0.717, 1.165) is 0 Å². The molecule has 1 heterocycles. The number of rotatable bonds is 1. The van der Waals surface area contributed by atoms with Crippen LogP contribution in [0, 0.1) is 6.92 Å². The van der Waals surface area contributed by atoms with Gasteiger partial charge in [-0.25, -0.2) is 4.98 Å². The summed E-state index contributed by atoms with van der Waals surface area (Å²) >= 11 is 0. The van der Waals surface area contributed by atoms with Gasteiger partial charge in [-0.1, -0.05) is 20.8 Å². The van der Waals surface area contributed by atoms with Crippen molar-refractivity contribution >= 4 is 0 Å². The van der Waals surface area contributed by atoms with Gasteiger partial charge in [-0.05, 0) is 20.8 Å². The molecule has 0 aromatic carbocycles. The summed E-state index contributed by atoms with van der Waals surface area (Å²) in [7, 11) is 0. The summed E-state index contributed by atoms with van der Waals surface area (Å²) in [6, 6.07) is -0.262. The van der Waals surface area contributed by atoms with Crippen LogP contribution < -0.4 is 0 Å². The highest BCUT2D eigenvalue weighted by Gasteiger charge is 2.40. The highest BCUT2D eigenvalue weighted by molar-refractivity contribution is 5.23. The van der Waals surface area contributed by atoms with Crippen molar-refractivity contribution in [3.63, 3.8) is 0 Å². The monoisotopic (exact) mass is 248 g/mol. The van der Waals surface area contributed by atoms with Gasteiger partial charge < -0.3 is 4.57 Å². The summed E-state index contributed by atoms with van der Waals surface area (Å²) in [5, 5.41) is 0. The maximum absolute atomic E-state index is 13.0. The van der Waals surface area contributed by atoms with Crippen LogP contribution in [0.1, 0.15) is 57.9 Å². The zero-order valence-electron chi connectivity index (χ0n) is 11.1. The first kappa shape index (κ1) is 14.1. The average molecular weight is 248 g/mol. The van der Waals surface area contributed by atoms with E-state index in [2.05, 4.69) is 4.98 Å². The van der Waals surface area contributed by atoms with E-state index in [0.29, 0.717) is 5.82 Å². The number of imidazole rings is 1. The van der Waals surface area contributed by atoms with Crippen molar-refractivity contribution in [1.29, 1.82) is 0 Å². The highest BCUT2D eigenvalue weighted by atomic mass is 19.4. The van der Waals surface area contributed by atoms with Gasteiger partial charge in [0.05, 0.1) is 5.69 Å². The van der Waals surface area contributed by atoms with E-state index in [1.807, 2.05) is 20.8 Å². The van der Waals surface area contributed by atoms with Crippen LogP contribution in [0.3, 0.4) is 0 Å². The first-order valence-electron chi connectivity index (χ1n) is 5.62. The van der Waals surface area contributed by atoms with Crippen molar-refractivity contribution in [1.82, 2.24) is 9.55 Å². The van der Waals surface area contributed by atoms with Crippen LogP contribution in [0.25, 0.3) is 0 Å². The molecule has 0 atom stereocenters. The van der Waals surface area contributed by atoms with Crippen molar-refractivity contribution in [3.05, 3.63) is 17.2 Å². The molecule has 0 spiro atoms. The minimum atomic E-state index is -4.36. The molecule has 0 saturated carbocycles. The smallest absolute Gasteiger partial charge is 0.321 e. The third-order valence-corrected chi connectivity index (χ3v) is 2.54. The summed E-state index contributed by atoms with van der Waals surface area (Å²) in [5.41, 5.74) is -0.980. The quantitative estimate of drug-likeness (QED) is 0.732. The summed E-state index contributed by atoms with van der Waals surface area (Å²) in [5.74, 6) is 0.484. The Morgan fingerprint density at radius 3 is 1.88 bits per heavy atom. The van der Waals surface area contributed by atoms with E-state index in [1.54, 1.807) is 13.8 Å². The number of alkyl halides is 3. The van der Waals surface area contributed by atoms with Crippen LogP contribution in [0.5, 0.6) is 0 Å². The lowest BCUT2D eigenvalue weighted by Gasteiger charge is -2.24. The van der Waals surface area contributed by atoms with Gasteiger partial charge in [0.1, 0.15) is 11.5 Å². The van der Waals surface area contributed by atoms with Crippen molar-refractivity contribution in [2.24, 2.45) is 0 Å². The summed E-state index contributed by atoms with van der Waals surface area (Å²) in [6.45, 7) is 10.5. The first-order valence-corrected chi connectivity index (χ1v) is 5.62. The van der Waals surface area contributed by atoms with Gasteiger partial charge in [0.15, 0.2) is 0 Å². The van der Waals surface area contributed by atoms with E-state index in [9.17, 15) is 13.2 Å². The Labute approximate surface area is 99.9 Å². The molecule has 0 saturated heterocycles. The molecule has 1 aromatic rings. The fourth-order valence-electron chi connectivity index (χ4n) is 1.92. The Morgan fingerprint density at radius 1 is 1.12 bits per heavy atom. The van der Waals surface area contributed by atoms with Gasteiger partial charge in [0.25, 0.3) is 0 Å². The molecule has 1 aromatic heterocycles. The fourth-order valence-corrected chi connectivity index (χ4v) is 1.92. The Bertz CT molecular complexity index is 409. The van der Waals surface area contributed by atoms with Crippen LogP contribution >= 0.6 is 0 Å². The molecular formula is C12H19F3N2. The summed E-state index contributed by atoms with van der Waals surface area (Å²) < 4.78 is 40.3. The highest BCUT2D eigenvalue weighted by Crippen LogP contribution is 2.37. The molecule has 0 fully saturated rings. The predicted molar refractivity (Wildman–Crippen MR) is 61.1 cm³/mol. The minimum absolute atomic E-state index is 0.0520. The second-order valence-corrected chi connectivity index (χ2v) is 5.58. The van der Waals surface area contributed by atoms with Gasteiger partial charge in [-0.3, -0.25) is 0 Å². The Hall–Kier alpha value is -1.00. The largest absolute Gasteiger partial charge is 0.433 e.